The summed E-state index contributed by atoms with van der Waals surface area (Å²) in [6.45, 7) is -0.598. The molecular weight excluding hydrogens is 374 g/mol. The number of phenols is 2. The van der Waals surface area contributed by atoms with Crippen LogP contribution >= 0.6 is 0 Å². The first-order valence-corrected chi connectivity index (χ1v) is 10.1. The molecule has 2 aromatic rings. The summed E-state index contributed by atoms with van der Waals surface area (Å²) in [4.78, 5) is 25.7. The van der Waals surface area contributed by atoms with Gasteiger partial charge in [-0.1, -0.05) is 24.3 Å². The highest BCUT2D eigenvalue weighted by Gasteiger charge is 2.33. The molecule has 0 radical (unpaired) electrons. The van der Waals surface area contributed by atoms with Crippen molar-refractivity contribution < 1.29 is 33.0 Å². The highest BCUT2D eigenvalue weighted by Crippen LogP contribution is 2.35. The third kappa shape index (κ3) is 3.82. The van der Waals surface area contributed by atoms with E-state index < -0.39 is 34.4 Å². The first-order valence-electron chi connectivity index (χ1n) is 8.26. The van der Waals surface area contributed by atoms with E-state index in [4.69, 9.17) is 4.74 Å². The van der Waals surface area contributed by atoms with Crippen LogP contribution in [0.3, 0.4) is 0 Å². The van der Waals surface area contributed by atoms with Crippen molar-refractivity contribution in [3.63, 3.8) is 0 Å². The smallest absolute Gasteiger partial charge is 0.342 e. The van der Waals surface area contributed by atoms with Gasteiger partial charge in [-0.25, -0.2) is 13.2 Å². The Morgan fingerprint density at radius 1 is 1.22 bits per heavy atom. The van der Waals surface area contributed by atoms with Crippen LogP contribution in [-0.2, 0) is 19.4 Å². The zero-order valence-electron chi connectivity index (χ0n) is 14.6. The van der Waals surface area contributed by atoms with Crippen LogP contribution in [0, 0.1) is 0 Å². The molecule has 27 heavy (non-hydrogen) atoms. The predicted molar refractivity (Wildman–Crippen MR) is 97.4 cm³/mol. The first-order chi connectivity index (χ1) is 12.7. The molecule has 1 amide bonds. The molecule has 0 aliphatic carbocycles. The van der Waals surface area contributed by atoms with Crippen molar-refractivity contribution in [2.45, 2.75) is 12.5 Å². The lowest BCUT2D eigenvalue weighted by Crippen LogP contribution is -2.40. The monoisotopic (exact) mass is 393 g/mol. The molecule has 0 saturated carbocycles. The highest BCUT2D eigenvalue weighted by atomic mass is 32.2. The Morgan fingerprint density at radius 2 is 1.89 bits per heavy atom. The number of hydrogen-bond acceptors (Lipinski definition) is 7. The van der Waals surface area contributed by atoms with Crippen molar-refractivity contribution in [3.05, 3.63) is 35.9 Å². The van der Waals surface area contributed by atoms with Crippen molar-refractivity contribution in [1.82, 2.24) is 4.90 Å². The summed E-state index contributed by atoms with van der Waals surface area (Å²) in [6.07, 6.45) is 0.345. The van der Waals surface area contributed by atoms with Gasteiger partial charge in [0, 0.05) is 23.9 Å². The van der Waals surface area contributed by atoms with Crippen molar-refractivity contribution in [1.29, 1.82) is 0 Å². The van der Waals surface area contributed by atoms with E-state index in [9.17, 15) is 28.2 Å². The normalized spacial score (nSPS) is 18.3. The maximum Gasteiger partial charge on any atom is 0.342 e. The SMILES string of the molecule is CN(C(=O)COC(=O)c1cc(O)c2ccccc2c1O)[C@H]1CCS(=O)(=O)C1. The fourth-order valence-electron chi connectivity index (χ4n) is 3.09. The second-order valence-corrected chi connectivity index (χ2v) is 8.70. The van der Waals surface area contributed by atoms with Crippen molar-refractivity contribution in [3.8, 4) is 11.5 Å². The minimum absolute atomic E-state index is 0.0271. The molecule has 1 atom stereocenters. The van der Waals surface area contributed by atoms with Gasteiger partial charge in [-0.2, -0.15) is 0 Å². The maximum absolute atomic E-state index is 12.3. The number of benzene rings is 2. The summed E-state index contributed by atoms with van der Waals surface area (Å²) >= 11 is 0. The van der Waals surface area contributed by atoms with E-state index >= 15 is 0 Å². The summed E-state index contributed by atoms with van der Waals surface area (Å²) in [5.74, 6) is -2.14. The van der Waals surface area contributed by atoms with Gasteiger partial charge in [0.15, 0.2) is 16.4 Å². The number of hydrogen-bond donors (Lipinski definition) is 2. The molecule has 0 aromatic heterocycles. The van der Waals surface area contributed by atoms with Gasteiger partial charge in [0.05, 0.1) is 11.5 Å². The van der Waals surface area contributed by atoms with Crippen LogP contribution in [0.5, 0.6) is 11.5 Å². The number of ether oxygens (including phenoxy) is 1. The number of nitrogens with zero attached hydrogens (tertiary/aromatic N) is 1. The average molecular weight is 393 g/mol. The van der Waals surface area contributed by atoms with Gasteiger partial charge in [0.2, 0.25) is 0 Å². The number of aromatic hydroxyl groups is 2. The van der Waals surface area contributed by atoms with Crippen LogP contribution in [0.1, 0.15) is 16.8 Å². The fraction of sp³-hybridized carbons (Fsp3) is 0.333. The largest absolute Gasteiger partial charge is 0.507 e. The zero-order chi connectivity index (χ0) is 19.8. The van der Waals surface area contributed by atoms with Crippen LogP contribution < -0.4 is 0 Å². The van der Waals surface area contributed by atoms with E-state index in [1.807, 2.05) is 0 Å². The minimum Gasteiger partial charge on any atom is -0.507 e. The van der Waals surface area contributed by atoms with Crippen LogP contribution in [0.25, 0.3) is 10.8 Å². The number of sulfone groups is 1. The van der Waals surface area contributed by atoms with Gasteiger partial charge in [0.1, 0.15) is 17.1 Å². The molecule has 144 valence electrons. The summed E-state index contributed by atoms with van der Waals surface area (Å²) in [7, 11) is -1.68. The number of fused-ring (bicyclic) bond motifs is 1. The number of likely N-dealkylation sites (N-methyl/N-ethyl adjacent to an activating group) is 1. The van der Waals surface area contributed by atoms with E-state index in [0.29, 0.717) is 11.8 Å². The Balaban J connectivity index is 1.70. The van der Waals surface area contributed by atoms with Gasteiger partial charge in [-0.05, 0) is 12.5 Å². The van der Waals surface area contributed by atoms with Crippen molar-refractivity contribution >= 4 is 32.5 Å². The summed E-state index contributed by atoms with van der Waals surface area (Å²) in [6, 6.07) is 7.09. The molecule has 0 bridgehead atoms. The van der Waals surface area contributed by atoms with Crippen LogP contribution in [0.2, 0.25) is 0 Å². The summed E-state index contributed by atoms with van der Waals surface area (Å²) in [5, 5.41) is 21.0. The maximum atomic E-state index is 12.3. The van der Waals surface area contributed by atoms with Crippen molar-refractivity contribution in [2.24, 2.45) is 0 Å². The molecule has 9 heteroatoms. The Hall–Kier alpha value is -2.81. The molecule has 2 N–H and O–H groups in total. The van der Waals surface area contributed by atoms with E-state index in [2.05, 4.69) is 0 Å². The molecule has 1 aliphatic heterocycles. The fourth-order valence-corrected chi connectivity index (χ4v) is 4.86. The summed E-state index contributed by atoms with van der Waals surface area (Å²) < 4.78 is 28.0. The van der Waals surface area contributed by atoms with Gasteiger partial charge in [-0.15, -0.1) is 0 Å². The molecule has 1 aliphatic rings. The first kappa shape index (κ1) is 19.0. The van der Waals surface area contributed by atoms with E-state index in [-0.39, 0.29) is 34.0 Å². The van der Waals surface area contributed by atoms with Gasteiger partial charge in [-0.3, -0.25) is 4.79 Å². The molecule has 1 heterocycles. The lowest BCUT2D eigenvalue weighted by atomic mass is 10.0. The number of amides is 1. The third-order valence-electron chi connectivity index (χ3n) is 4.69. The van der Waals surface area contributed by atoms with Gasteiger partial charge >= 0.3 is 5.97 Å². The molecule has 0 spiro atoms. The quantitative estimate of drug-likeness (QED) is 0.588. The second kappa shape index (κ2) is 7.07. The Bertz CT molecular complexity index is 1020. The number of rotatable bonds is 4. The van der Waals surface area contributed by atoms with Gasteiger partial charge < -0.3 is 19.8 Å². The van der Waals surface area contributed by atoms with E-state index in [0.717, 1.165) is 6.07 Å². The standard InChI is InChI=1S/C18H19NO7S/c1-19(11-6-7-27(24,25)10-11)16(21)9-26-18(23)14-8-15(20)12-4-2-3-5-13(12)17(14)22/h2-5,8,11,20,22H,6-7,9-10H2,1H3/t11-/m0/s1. The third-order valence-corrected chi connectivity index (χ3v) is 6.44. The molecule has 1 saturated heterocycles. The van der Waals surface area contributed by atoms with Gasteiger partial charge in [0.25, 0.3) is 5.91 Å². The molecule has 0 unspecified atom stereocenters. The van der Waals surface area contributed by atoms with Crippen molar-refractivity contribution in [2.75, 3.05) is 25.2 Å². The lowest BCUT2D eigenvalue weighted by molar-refractivity contribution is -0.134. The topological polar surface area (TPSA) is 121 Å². The molecule has 8 nitrogen and oxygen atoms in total. The van der Waals surface area contributed by atoms with Crippen LogP contribution in [0.4, 0.5) is 0 Å². The molecule has 3 rings (SSSR count). The Labute approximate surface area is 155 Å². The highest BCUT2D eigenvalue weighted by molar-refractivity contribution is 7.91. The van der Waals surface area contributed by atoms with E-state index in [1.165, 1.54) is 11.9 Å². The zero-order valence-corrected chi connectivity index (χ0v) is 15.4. The number of carbonyl (C=O) groups is 2. The van der Waals surface area contributed by atoms with Crippen LogP contribution in [-0.4, -0.2) is 66.6 Å². The number of esters is 1. The molecule has 1 fully saturated rings. The number of phenolic OH excluding ortho intramolecular Hbond substituents is 2. The molecular formula is C18H19NO7S. The Kier molecular flexibility index (Phi) is 4.97. The number of carbonyl (C=O) groups excluding carboxylic acids is 2. The van der Waals surface area contributed by atoms with E-state index in [1.54, 1.807) is 24.3 Å². The van der Waals surface area contributed by atoms with Crippen LogP contribution in [0.15, 0.2) is 30.3 Å². The predicted octanol–water partition coefficient (Wildman–Crippen LogP) is 1.05. The summed E-state index contributed by atoms with van der Waals surface area (Å²) in [5.41, 5.74) is -0.259. The molecule has 2 aromatic carbocycles. The minimum atomic E-state index is -3.14. The lowest BCUT2D eigenvalue weighted by Gasteiger charge is -2.23. The Morgan fingerprint density at radius 3 is 2.52 bits per heavy atom. The average Bonchev–Trinajstić information content (AvgIpc) is 3.01. The second-order valence-electron chi connectivity index (χ2n) is 6.48.